The van der Waals surface area contributed by atoms with Crippen LogP contribution in [-0.4, -0.2) is 11.0 Å². The number of thiophene rings is 1. The molecule has 0 saturated heterocycles. The summed E-state index contributed by atoms with van der Waals surface area (Å²) in [6, 6.07) is 4.88. The fraction of sp³-hybridized carbons (Fsp3) is 0.0833. The number of aromatic hydroxyl groups is 1. The topological polar surface area (TPSA) is 75.4 Å². The number of hydrogen-bond acceptors (Lipinski definition) is 4. The maximum atomic E-state index is 11.0. The van der Waals surface area contributed by atoms with Crippen molar-refractivity contribution in [1.29, 1.82) is 0 Å². The van der Waals surface area contributed by atoms with Crippen molar-refractivity contribution in [2.75, 3.05) is 5.32 Å². The highest BCUT2D eigenvalue weighted by atomic mass is 35.5. The first kappa shape index (κ1) is 14.0. The maximum Gasteiger partial charge on any atom is 0.249 e. The lowest BCUT2D eigenvalue weighted by Gasteiger charge is -2.07. The van der Waals surface area contributed by atoms with Crippen molar-refractivity contribution in [3.8, 4) is 5.75 Å². The van der Waals surface area contributed by atoms with Crippen LogP contribution in [-0.2, 0) is 6.54 Å². The number of phenolic OH excluding ortho intramolecular Hbond substituents is 1. The van der Waals surface area contributed by atoms with Gasteiger partial charge < -0.3 is 16.2 Å². The smallest absolute Gasteiger partial charge is 0.249 e. The number of anilines is 1. The molecule has 100 valence electrons. The number of hydrogen-bond donors (Lipinski definition) is 3. The number of carbonyl (C=O) groups is 1. The van der Waals surface area contributed by atoms with Crippen LogP contribution >= 0.6 is 34.5 Å². The zero-order valence-corrected chi connectivity index (χ0v) is 11.9. The summed E-state index contributed by atoms with van der Waals surface area (Å²) in [5.74, 6) is -0.584. The molecular weight excluding hydrogens is 307 g/mol. The SMILES string of the molecule is NC(=O)c1csc(CNc2cc(Cl)c(O)c(Cl)c2)c1. The second kappa shape index (κ2) is 5.69. The molecule has 4 nitrogen and oxygen atoms in total. The minimum atomic E-state index is -0.446. The molecule has 0 bridgehead atoms. The summed E-state index contributed by atoms with van der Waals surface area (Å²) in [5.41, 5.74) is 6.35. The van der Waals surface area contributed by atoms with E-state index < -0.39 is 5.91 Å². The lowest BCUT2D eigenvalue weighted by Crippen LogP contribution is -2.09. The Morgan fingerprint density at radius 2 is 1.95 bits per heavy atom. The molecule has 7 heteroatoms. The van der Waals surface area contributed by atoms with Gasteiger partial charge in [0.05, 0.1) is 15.6 Å². The van der Waals surface area contributed by atoms with E-state index in [2.05, 4.69) is 5.32 Å². The number of phenols is 1. The van der Waals surface area contributed by atoms with Crippen LogP contribution in [0, 0.1) is 0 Å². The quantitative estimate of drug-likeness (QED) is 0.756. The van der Waals surface area contributed by atoms with Crippen LogP contribution in [0.5, 0.6) is 5.75 Å². The van der Waals surface area contributed by atoms with Gasteiger partial charge in [-0.2, -0.15) is 0 Å². The summed E-state index contributed by atoms with van der Waals surface area (Å²) in [6.07, 6.45) is 0. The number of nitrogens with two attached hydrogens (primary N) is 1. The Kier molecular flexibility index (Phi) is 4.19. The number of rotatable bonds is 4. The van der Waals surface area contributed by atoms with Gasteiger partial charge in [-0.1, -0.05) is 23.2 Å². The molecule has 0 aliphatic carbocycles. The van der Waals surface area contributed by atoms with E-state index in [1.807, 2.05) is 0 Å². The molecule has 0 saturated carbocycles. The van der Waals surface area contributed by atoms with Crippen molar-refractivity contribution in [3.63, 3.8) is 0 Å². The van der Waals surface area contributed by atoms with Crippen molar-refractivity contribution in [2.24, 2.45) is 5.73 Å². The summed E-state index contributed by atoms with van der Waals surface area (Å²) < 4.78 is 0. The van der Waals surface area contributed by atoms with Crippen molar-refractivity contribution in [1.82, 2.24) is 0 Å². The number of nitrogens with one attached hydrogen (secondary N) is 1. The number of halogens is 2. The zero-order chi connectivity index (χ0) is 14.0. The van der Waals surface area contributed by atoms with Crippen LogP contribution < -0.4 is 11.1 Å². The fourth-order valence-corrected chi connectivity index (χ4v) is 2.76. The van der Waals surface area contributed by atoms with E-state index >= 15 is 0 Å². The van der Waals surface area contributed by atoms with E-state index in [9.17, 15) is 9.90 Å². The van der Waals surface area contributed by atoms with Crippen molar-refractivity contribution >= 4 is 46.1 Å². The van der Waals surface area contributed by atoms with Crippen LogP contribution in [0.25, 0.3) is 0 Å². The normalized spacial score (nSPS) is 10.4. The molecule has 0 aliphatic heterocycles. The van der Waals surface area contributed by atoms with Gasteiger partial charge in [-0.3, -0.25) is 4.79 Å². The highest BCUT2D eigenvalue weighted by molar-refractivity contribution is 7.10. The second-order valence-electron chi connectivity index (χ2n) is 3.81. The van der Waals surface area contributed by atoms with E-state index in [1.165, 1.54) is 11.3 Å². The van der Waals surface area contributed by atoms with Crippen LogP contribution in [0.4, 0.5) is 5.69 Å². The molecule has 1 aromatic carbocycles. The van der Waals surface area contributed by atoms with Gasteiger partial charge in [-0.25, -0.2) is 0 Å². The minimum absolute atomic E-state index is 0.138. The molecule has 4 N–H and O–H groups in total. The second-order valence-corrected chi connectivity index (χ2v) is 5.62. The van der Waals surface area contributed by atoms with Crippen LogP contribution in [0.3, 0.4) is 0 Å². The number of benzene rings is 1. The summed E-state index contributed by atoms with van der Waals surface area (Å²) in [7, 11) is 0. The number of primary amides is 1. The lowest BCUT2D eigenvalue weighted by atomic mass is 10.2. The zero-order valence-electron chi connectivity index (χ0n) is 9.61. The summed E-state index contributed by atoms with van der Waals surface area (Å²) in [6.45, 7) is 0.509. The molecule has 2 rings (SSSR count). The lowest BCUT2D eigenvalue weighted by molar-refractivity contribution is 0.100. The molecular formula is C12H10Cl2N2O2S. The number of amides is 1. The van der Waals surface area contributed by atoms with Crippen molar-refractivity contribution in [2.45, 2.75) is 6.54 Å². The Morgan fingerprint density at radius 3 is 2.47 bits per heavy atom. The monoisotopic (exact) mass is 316 g/mol. The van der Waals surface area contributed by atoms with E-state index in [0.29, 0.717) is 17.8 Å². The highest BCUT2D eigenvalue weighted by Crippen LogP contribution is 2.34. The highest BCUT2D eigenvalue weighted by Gasteiger charge is 2.08. The first-order valence-corrected chi connectivity index (χ1v) is 6.90. The molecule has 0 spiro atoms. The summed E-state index contributed by atoms with van der Waals surface area (Å²) >= 11 is 13.1. The average Bonchev–Trinajstić information content (AvgIpc) is 2.82. The largest absolute Gasteiger partial charge is 0.505 e. The first-order valence-electron chi connectivity index (χ1n) is 5.26. The minimum Gasteiger partial charge on any atom is -0.505 e. The number of carbonyl (C=O) groups excluding carboxylic acids is 1. The maximum absolute atomic E-state index is 11.0. The summed E-state index contributed by atoms with van der Waals surface area (Å²) in [4.78, 5) is 11.9. The molecule has 0 atom stereocenters. The van der Waals surface area contributed by atoms with Crippen LogP contribution in [0.2, 0.25) is 10.0 Å². The van der Waals surface area contributed by atoms with Gasteiger partial charge in [-0.05, 0) is 18.2 Å². The first-order chi connectivity index (χ1) is 8.97. The third-order valence-corrected chi connectivity index (χ3v) is 3.93. The Balaban J connectivity index is 2.08. The molecule has 19 heavy (non-hydrogen) atoms. The van der Waals surface area contributed by atoms with Crippen molar-refractivity contribution < 1.29 is 9.90 Å². The third kappa shape index (κ3) is 3.32. The van der Waals surface area contributed by atoms with Gasteiger partial charge in [0.1, 0.15) is 0 Å². The molecule has 2 aromatic rings. The molecule has 0 radical (unpaired) electrons. The van der Waals surface area contributed by atoms with Crippen molar-refractivity contribution in [3.05, 3.63) is 44.1 Å². The Bertz CT molecular complexity index is 605. The average molecular weight is 317 g/mol. The predicted octanol–water partition coefficient (Wildman–Crippen LogP) is 3.47. The Labute approximate surface area is 123 Å². The van der Waals surface area contributed by atoms with Gasteiger partial charge in [-0.15, -0.1) is 11.3 Å². The van der Waals surface area contributed by atoms with Gasteiger partial charge in [0.15, 0.2) is 5.75 Å². The molecule has 1 aromatic heterocycles. The Hall–Kier alpha value is -1.43. The third-order valence-electron chi connectivity index (χ3n) is 2.42. The van der Waals surface area contributed by atoms with E-state index in [0.717, 1.165) is 4.88 Å². The predicted molar refractivity (Wildman–Crippen MR) is 78.3 cm³/mol. The molecule has 0 aliphatic rings. The van der Waals surface area contributed by atoms with Gasteiger partial charge in [0.2, 0.25) is 5.91 Å². The van der Waals surface area contributed by atoms with Crippen LogP contribution in [0.1, 0.15) is 15.2 Å². The molecule has 1 heterocycles. The van der Waals surface area contributed by atoms with E-state index in [1.54, 1.807) is 23.6 Å². The molecule has 1 amide bonds. The Morgan fingerprint density at radius 1 is 1.32 bits per heavy atom. The van der Waals surface area contributed by atoms with Crippen LogP contribution in [0.15, 0.2) is 23.6 Å². The van der Waals surface area contributed by atoms with E-state index in [4.69, 9.17) is 28.9 Å². The van der Waals surface area contributed by atoms with Gasteiger partial charge in [0.25, 0.3) is 0 Å². The standard InChI is InChI=1S/C12H10Cl2N2O2S/c13-9-2-7(3-10(14)11(9)17)16-4-8-1-6(5-19-8)12(15)18/h1-3,5,16-17H,4H2,(H2,15,18). The van der Waals surface area contributed by atoms with E-state index in [-0.39, 0.29) is 15.8 Å². The molecule has 0 unspecified atom stereocenters. The van der Waals surface area contributed by atoms with Gasteiger partial charge >= 0.3 is 0 Å². The fourth-order valence-electron chi connectivity index (χ4n) is 1.46. The van der Waals surface area contributed by atoms with Gasteiger partial charge in [0, 0.05) is 22.5 Å². The molecule has 0 fully saturated rings. The summed E-state index contributed by atoms with van der Waals surface area (Å²) in [5, 5.41) is 14.6.